The van der Waals surface area contributed by atoms with Crippen molar-refractivity contribution in [2.24, 2.45) is 11.1 Å². The molecule has 10 heteroatoms. The lowest BCUT2D eigenvalue weighted by Gasteiger charge is -2.40. The Morgan fingerprint density at radius 2 is 1.89 bits per heavy atom. The summed E-state index contributed by atoms with van der Waals surface area (Å²) in [6.45, 7) is 7.32. The molecule has 192 valence electrons. The molecule has 1 aromatic heterocycles. The lowest BCUT2D eigenvalue weighted by atomic mass is 9.79. The number of pyridine rings is 1. The van der Waals surface area contributed by atoms with Gasteiger partial charge in [-0.1, -0.05) is 6.07 Å². The number of rotatable bonds is 6. The number of aryl methyl sites for hydroxylation is 1. The van der Waals surface area contributed by atoms with E-state index in [-0.39, 0.29) is 43.3 Å². The fraction of sp³-hybridized carbons (Fsp3) is 0.480. The van der Waals surface area contributed by atoms with Crippen molar-refractivity contribution in [3.63, 3.8) is 0 Å². The van der Waals surface area contributed by atoms with Crippen molar-refractivity contribution < 1.29 is 14.3 Å². The van der Waals surface area contributed by atoms with Gasteiger partial charge in [0.2, 0.25) is 0 Å². The number of benzene rings is 1. The van der Waals surface area contributed by atoms with E-state index in [1.807, 2.05) is 43.1 Å². The SMILES string of the molecule is CCOC(=O)C1(COc2ccc3c(c2)CN(C(=N)N)CC3)CCN(c2ccnc(C)c2)CC1.Cl.Cl. The highest BCUT2D eigenvalue weighted by molar-refractivity contribution is 5.85. The minimum atomic E-state index is -0.671. The largest absolute Gasteiger partial charge is 0.492 e. The normalized spacial score (nSPS) is 16.3. The third-order valence-corrected chi connectivity index (χ3v) is 6.72. The van der Waals surface area contributed by atoms with Crippen molar-refractivity contribution in [1.82, 2.24) is 9.88 Å². The van der Waals surface area contributed by atoms with Gasteiger partial charge in [-0.2, -0.15) is 0 Å². The van der Waals surface area contributed by atoms with Crippen molar-refractivity contribution in [1.29, 1.82) is 5.41 Å². The smallest absolute Gasteiger partial charge is 0.315 e. The Labute approximate surface area is 219 Å². The van der Waals surface area contributed by atoms with Crippen LogP contribution >= 0.6 is 24.8 Å². The average Bonchev–Trinajstić information content (AvgIpc) is 2.82. The summed E-state index contributed by atoms with van der Waals surface area (Å²) in [5.41, 5.74) is 9.48. The number of halogens is 2. The highest BCUT2D eigenvalue weighted by Gasteiger charge is 2.44. The van der Waals surface area contributed by atoms with Crippen LogP contribution in [0.2, 0.25) is 0 Å². The number of aromatic nitrogens is 1. The number of esters is 1. The molecule has 3 N–H and O–H groups in total. The summed E-state index contributed by atoms with van der Waals surface area (Å²) >= 11 is 0. The zero-order valence-electron chi connectivity index (χ0n) is 20.3. The average molecular weight is 524 g/mol. The standard InChI is InChI=1S/C25H33N5O3.2ClH/c1-3-32-23(31)25(8-12-29(13-9-25)21-6-10-28-18(2)14-21)17-33-22-5-4-19-7-11-30(24(26)27)16-20(19)15-22;;/h4-6,10,14-15H,3,7-9,11-13,16-17H2,1-2H3,(H3,26,27);2*1H. The number of nitrogens with one attached hydrogen (secondary N) is 1. The van der Waals surface area contributed by atoms with Crippen LogP contribution in [0.15, 0.2) is 36.5 Å². The summed E-state index contributed by atoms with van der Waals surface area (Å²) in [4.78, 5) is 21.4. The maximum absolute atomic E-state index is 13.0. The summed E-state index contributed by atoms with van der Waals surface area (Å²) in [7, 11) is 0. The van der Waals surface area contributed by atoms with Crippen LogP contribution in [0.3, 0.4) is 0 Å². The van der Waals surface area contributed by atoms with E-state index in [0.717, 1.165) is 48.7 Å². The van der Waals surface area contributed by atoms with Crippen LogP contribution in [0.4, 0.5) is 5.69 Å². The van der Waals surface area contributed by atoms with Crippen molar-refractivity contribution in [3.8, 4) is 5.75 Å². The molecule has 8 nitrogen and oxygen atoms in total. The van der Waals surface area contributed by atoms with Crippen LogP contribution in [-0.4, -0.2) is 54.7 Å². The molecule has 4 rings (SSSR count). The van der Waals surface area contributed by atoms with E-state index in [9.17, 15) is 4.79 Å². The van der Waals surface area contributed by atoms with Crippen LogP contribution in [0.5, 0.6) is 5.75 Å². The molecule has 1 fully saturated rings. The van der Waals surface area contributed by atoms with E-state index in [2.05, 4.69) is 22.0 Å². The second-order valence-electron chi connectivity index (χ2n) is 8.92. The Hall–Kier alpha value is -2.71. The van der Waals surface area contributed by atoms with Gasteiger partial charge in [0, 0.05) is 43.8 Å². The quantitative estimate of drug-likeness (QED) is 0.337. The highest BCUT2D eigenvalue weighted by atomic mass is 35.5. The maximum Gasteiger partial charge on any atom is 0.315 e. The molecule has 2 aliphatic heterocycles. The summed E-state index contributed by atoms with van der Waals surface area (Å²) in [5.74, 6) is 0.635. The van der Waals surface area contributed by atoms with Crippen molar-refractivity contribution in [3.05, 3.63) is 53.3 Å². The van der Waals surface area contributed by atoms with Gasteiger partial charge in [0.25, 0.3) is 0 Å². The molecular weight excluding hydrogens is 489 g/mol. The van der Waals surface area contributed by atoms with Crippen LogP contribution in [0.1, 0.15) is 36.6 Å². The van der Waals surface area contributed by atoms with Gasteiger partial charge < -0.3 is 25.0 Å². The minimum absolute atomic E-state index is 0. The Balaban J connectivity index is 0.00000216. The number of nitrogens with zero attached hydrogens (tertiary/aromatic N) is 3. The molecular formula is C25H35Cl2N5O3. The molecule has 3 heterocycles. The van der Waals surface area contributed by atoms with Gasteiger partial charge in [-0.15, -0.1) is 24.8 Å². The number of hydrogen-bond acceptors (Lipinski definition) is 6. The van der Waals surface area contributed by atoms with E-state index in [1.165, 1.54) is 5.56 Å². The Bertz CT molecular complexity index is 1030. The number of ether oxygens (including phenoxy) is 2. The minimum Gasteiger partial charge on any atom is -0.492 e. The van der Waals surface area contributed by atoms with E-state index in [4.69, 9.17) is 20.6 Å². The first-order valence-electron chi connectivity index (χ1n) is 11.6. The summed E-state index contributed by atoms with van der Waals surface area (Å²) in [6.07, 6.45) is 4.00. The second kappa shape index (κ2) is 12.3. The number of nitrogens with two attached hydrogens (primary N) is 1. The van der Waals surface area contributed by atoms with E-state index >= 15 is 0 Å². The lowest BCUT2D eigenvalue weighted by Crippen LogP contribution is -2.48. The Morgan fingerprint density at radius 1 is 1.14 bits per heavy atom. The number of carbonyl (C=O) groups is 1. The maximum atomic E-state index is 13.0. The van der Waals surface area contributed by atoms with Crippen LogP contribution in [0.25, 0.3) is 0 Å². The van der Waals surface area contributed by atoms with Gasteiger partial charge in [0.05, 0.1) is 6.61 Å². The van der Waals surface area contributed by atoms with Crippen molar-refractivity contribution >= 4 is 42.4 Å². The summed E-state index contributed by atoms with van der Waals surface area (Å²) in [6, 6.07) is 10.1. The predicted octanol–water partition coefficient (Wildman–Crippen LogP) is 3.71. The van der Waals surface area contributed by atoms with Crippen LogP contribution < -0.4 is 15.4 Å². The van der Waals surface area contributed by atoms with Crippen molar-refractivity contribution in [2.75, 3.05) is 37.7 Å². The number of anilines is 1. The zero-order valence-corrected chi connectivity index (χ0v) is 21.9. The molecule has 0 unspecified atom stereocenters. The van der Waals surface area contributed by atoms with Gasteiger partial charge in [-0.25, -0.2) is 0 Å². The number of guanidine groups is 1. The number of piperidine rings is 1. The Kier molecular flexibility index (Phi) is 10.0. The van der Waals surface area contributed by atoms with Gasteiger partial charge in [-0.05, 0) is 68.5 Å². The van der Waals surface area contributed by atoms with Crippen LogP contribution in [0, 0.1) is 17.7 Å². The summed E-state index contributed by atoms with van der Waals surface area (Å²) < 4.78 is 11.7. The fourth-order valence-corrected chi connectivity index (χ4v) is 4.66. The first-order chi connectivity index (χ1) is 15.9. The molecule has 0 aliphatic carbocycles. The zero-order chi connectivity index (χ0) is 23.4. The highest BCUT2D eigenvalue weighted by Crippen LogP contribution is 2.36. The van der Waals surface area contributed by atoms with Gasteiger partial charge in [0.1, 0.15) is 17.8 Å². The molecule has 1 saturated heterocycles. The molecule has 0 saturated carbocycles. The molecule has 35 heavy (non-hydrogen) atoms. The fourth-order valence-electron chi connectivity index (χ4n) is 4.66. The van der Waals surface area contributed by atoms with Gasteiger partial charge >= 0.3 is 5.97 Å². The Morgan fingerprint density at radius 3 is 2.54 bits per heavy atom. The van der Waals surface area contributed by atoms with Gasteiger partial charge in [0.15, 0.2) is 5.96 Å². The predicted molar refractivity (Wildman–Crippen MR) is 142 cm³/mol. The first-order valence-corrected chi connectivity index (χ1v) is 11.6. The van der Waals surface area contributed by atoms with Gasteiger partial charge in [-0.3, -0.25) is 15.2 Å². The van der Waals surface area contributed by atoms with E-state index in [0.29, 0.717) is 26.0 Å². The number of fused-ring (bicyclic) bond motifs is 1. The molecule has 0 bridgehead atoms. The lowest BCUT2D eigenvalue weighted by molar-refractivity contribution is -0.159. The molecule has 0 spiro atoms. The second-order valence-corrected chi connectivity index (χ2v) is 8.92. The third kappa shape index (κ3) is 6.49. The number of carbonyl (C=O) groups excluding carboxylic acids is 1. The molecule has 1 aromatic carbocycles. The topological polar surface area (TPSA) is 105 Å². The molecule has 2 aliphatic rings. The summed E-state index contributed by atoms with van der Waals surface area (Å²) in [5, 5.41) is 7.71. The molecule has 2 aromatic rings. The molecule has 0 amide bonds. The monoisotopic (exact) mass is 523 g/mol. The molecule has 0 radical (unpaired) electrons. The van der Waals surface area contributed by atoms with Crippen molar-refractivity contribution in [2.45, 2.75) is 39.7 Å². The third-order valence-electron chi connectivity index (χ3n) is 6.72. The number of hydrogen-bond donors (Lipinski definition) is 2. The van der Waals surface area contributed by atoms with E-state index < -0.39 is 5.41 Å². The first kappa shape index (κ1) is 28.5. The van der Waals surface area contributed by atoms with E-state index in [1.54, 1.807) is 0 Å². The molecule has 0 atom stereocenters. The van der Waals surface area contributed by atoms with Crippen LogP contribution in [-0.2, 0) is 22.5 Å².